The quantitative estimate of drug-likeness (QED) is 0.914. The molecule has 0 fully saturated rings. The van der Waals surface area contributed by atoms with Crippen LogP contribution in [-0.4, -0.2) is 23.1 Å². The van der Waals surface area contributed by atoms with Gasteiger partial charge in [0.05, 0.1) is 17.3 Å². The second-order valence-electron chi connectivity index (χ2n) is 6.07. The average molecular weight is 274 g/mol. The molecular weight excluding hydrogens is 252 g/mol. The van der Waals surface area contributed by atoms with Gasteiger partial charge in [-0.2, -0.15) is 5.10 Å². The van der Waals surface area contributed by atoms with Gasteiger partial charge in [0.15, 0.2) is 0 Å². The van der Waals surface area contributed by atoms with E-state index in [1.54, 1.807) is 24.5 Å². The van der Waals surface area contributed by atoms with Crippen molar-refractivity contribution in [3.63, 3.8) is 0 Å². The van der Waals surface area contributed by atoms with Crippen LogP contribution in [0.3, 0.4) is 0 Å². The number of pyridine rings is 1. The van der Waals surface area contributed by atoms with Crippen LogP contribution in [0.15, 0.2) is 29.6 Å². The lowest BCUT2D eigenvalue weighted by molar-refractivity contribution is -0.120. The number of carbonyl (C=O) groups excluding carboxylic acids is 1. The highest BCUT2D eigenvalue weighted by Crippen LogP contribution is 2.33. The van der Waals surface area contributed by atoms with Crippen LogP contribution in [-0.2, 0) is 4.79 Å². The summed E-state index contributed by atoms with van der Waals surface area (Å²) >= 11 is 0. The Balaban J connectivity index is 2.33. The number of rotatable bonds is 4. The van der Waals surface area contributed by atoms with Crippen LogP contribution in [0, 0.1) is 11.3 Å². The average Bonchev–Trinajstić information content (AvgIpc) is 2.74. The lowest BCUT2D eigenvalue weighted by atomic mass is 9.80. The SMILES string of the molecule is CC(C)(C)C1=NN(c2ccncc2)C(=O)C1CCCN. The predicted octanol–water partition coefficient (Wildman–Crippen LogP) is 2.19. The molecule has 0 saturated heterocycles. The Morgan fingerprint density at radius 3 is 2.50 bits per heavy atom. The number of nitrogens with two attached hydrogens (primary N) is 1. The fraction of sp³-hybridized carbons (Fsp3) is 0.533. The Morgan fingerprint density at radius 2 is 1.95 bits per heavy atom. The van der Waals surface area contributed by atoms with Crippen molar-refractivity contribution < 1.29 is 4.79 Å². The molecule has 5 heteroatoms. The van der Waals surface area contributed by atoms with E-state index in [2.05, 4.69) is 30.9 Å². The first-order chi connectivity index (χ1) is 9.45. The Morgan fingerprint density at radius 1 is 1.30 bits per heavy atom. The molecule has 0 bridgehead atoms. The molecule has 1 aliphatic heterocycles. The molecule has 1 amide bonds. The Labute approximate surface area is 119 Å². The number of hydrogen-bond acceptors (Lipinski definition) is 4. The summed E-state index contributed by atoms with van der Waals surface area (Å²) in [5, 5.41) is 6.08. The van der Waals surface area contributed by atoms with E-state index in [1.807, 2.05) is 0 Å². The summed E-state index contributed by atoms with van der Waals surface area (Å²) in [4.78, 5) is 16.6. The standard InChI is InChI=1S/C15H22N4O/c1-15(2,3)13-12(5-4-8-16)14(20)19(18-13)11-6-9-17-10-7-11/h6-7,9-10,12H,4-5,8,16H2,1-3H3. The van der Waals surface area contributed by atoms with Gasteiger partial charge in [0, 0.05) is 17.8 Å². The Hall–Kier alpha value is -1.75. The zero-order valence-corrected chi connectivity index (χ0v) is 12.3. The normalized spacial score (nSPS) is 19.4. The lowest BCUT2D eigenvalue weighted by Crippen LogP contribution is -2.32. The maximum absolute atomic E-state index is 12.6. The van der Waals surface area contributed by atoms with Crippen molar-refractivity contribution in [2.75, 3.05) is 11.6 Å². The van der Waals surface area contributed by atoms with Gasteiger partial charge in [-0.3, -0.25) is 9.78 Å². The molecule has 1 aliphatic rings. The van der Waals surface area contributed by atoms with Crippen LogP contribution in [0.5, 0.6) is 0 Å². The summed E-state index contributed by atoms with van der Waals surface area (Å²) in [6.45, 7) is 6.86. The molecule has 1 unspecified atom stereocenters. The topological polar surface area (TPSA) is 71.6 Å². The highest BCUT2D eigenvalue weighted by atomic mass is 16.2. The van der Waals surface area contributed by atoms with E-state index >= 15 is 0 Å². The molecule has 2 rings (SSSR count). The van der Waals surface area contributed by atoms with Crippen molar-refractivity contribution >= 4 is 17.3 Å². The van der Waals surface area contributed by atoms with Crippen molar-refractivity contribution in [3.05, 3.63) is 24.5 Å². The van der Waals surface area contributed by atoms with Crippen molar-refractivity contribution in [1.82, 2.24) is 4.98 Å². The van der Waals surface area contributed by atoms with Crippen molar-refractivity contribution in [2.24, 2.45) is 22.2 Å². The summed E-state index contributed by atoms with van der Waals surface area (Å²) in [5.74, 6) is -0.124. The second-order valence-corrected chi connectivity index (χ2v) is 6.07. The van der Waals surface area contributed by atoms with Crippen molar-refractivity contribution in [3.8, 4) is 0 Å². The third-order valence-corrected chi connectivity index (χ3v) is 3.42. The van der Waals surface area contributed by atoms with Crippen LogP contribution in [0.2, 0.25) is 0 Å². The Bertz CT molecular complexity index is 504. The summed E-state index contributed by atoms with van der Waals surface area (Å²) in [5.41, 5.74) is 7.15. The zero-order valence-electron chi connectivity index (χ0n) is 12.3. The molecule has 108 valence electrons. The van der Waals surface area contributed by atoms with Crippen LogP contribution < -0.4 is 10.7 Å². The maximum atomic E-state index is 12.6. The van der Waals surface area contributed by atoms with Crippen LogP contribution in [0.1, 0.15) is 33.6 Å². The molecule has 1 atom stereocenters. The highest BCUT2D eigenvalue weighted by molar-refractivity contribution is 6.17. The van der Waals surface area contributed by atoms with Crippen molar-refractivity contribution in [2.45, 2.75) is 33.6 Å². The summed E-state index contributed by atoms with van der Waals surface area (Å²) < 4.78 is 0. The minimum atomic E-state index is -0.160. The van der Waals surface area contributed by atoms with Gasteiger partial charge in [-0.15, -0.1) is 0 Å². The molecule has 1 aromatic heterocycles. The van der Waals surface area contributed by atoms with Crippen LogP contribution in [0.4, 0.5) is 5.69 Å². The van der Waals surface area contributed by atoms with E-state index < -0.39 is 0 Å². The summed E-state index contributed by atoms with van der Waals surface area (Å²) in [6.07, 6.45) is 4.92. The van der Waals surface area contributed by atoms with Gasteiger partial charge in [-0.1, -0.05) is 20.8 Å². The number of hydrogen-bond donors (Lipinski definition) is 1. The molecule has 0 aliphatic carbocycles. The first kappa shape index (κ1) is 14.7. The van der Waals surface area contributed by atoms with E-state index in [1.165, 1.54) is 5.01 Å². The van der Waals surface area contributed by atoms with Gasteiger partial charge in [0.1, 0.15) is 0 Å². The number of hydrazone groups is 1. The van der Waals surface area contributed by atoms with Gasteiger partial charge < -0.3 is 5.73 Å². The fourth-order valence-electron chi connectivity index (χ4n) is 2.42. The predicted molar refractivity (Wildman–Crippen MR) is 80.4 cm³/mol. The Kier molecular flexibility index (Phi) is 4.18. The fourth-order valence-corrected chi connectivity index (χ4v) is 2.42. The molecule has 1 aromatic rings. The van der Waals surface area contributed by atoms with Gasteiger partial charge in [-0.05, 0) is 31.5 Å². The minimum absolute atomic E-state index is 0.0366. The molecular formula is C15H22N4O. The number of nitrogens with zero attached hydrogens (tertiary/aromatic N) is 3. The summed E-state index contributed by atoms with van der Waals surface area (Å²) in [7, 11) is 0. The van der Waals surface area contributed by atoms with E-state index in [0.29, 0.717) is 6.54 Å². The summed E-state index contributed by atoms with van der Waals surface area (Å²) in [6, 6.07) is 3.60. The van der Waals surface area contributed by atoms with Gasteiger partial charge in [0.25, 0.3) is 5.91 Å². The first-order valence-corrected chi connectivity index (χ1v) is 6.98. The number of aromatic nitrogens is 1. The maximum Gasteiger partial charge on any atom is 0.256 e. The smallest absolute Gasteiger partial charge is 0.256 e. The van der Waals surface area contributed by atoms with Gasteiger partial charge in [-0.25, -0.2) is 5.01 Å². The van der Waals surface area contributed by atoms with E-state index in [0.717, 1.165) is 24.2 Å². The number of anilines is 1. The first-order valence-electron chi connectivity index (χ1n) is 6.98. The van der Waals surface area contributed by atoms with E-state index in [-0.39, 0.29) is 17.2 Å². The molecule has 0 spiro atoms. The molecule has 5 nitrogen and oxygen atoms in total. The van der Waals surface area contributed by atoms with Gasteiger partial charge in [0.2, 0.25) is 0 Å². The molecule has 20 heavy (non-hydrogen) atoms. The second kappa shape index (κ2) is 5.71. The van der Waals surface area contributed by atoms with Crippen LogP contribution in [0.25, 0.3) is 0 Å². The highest BCUT2D eigenvalue weighted by Gasteiger charge is 2.41. The minimum Gasteiger partial charge on any atom is -0.330 e. The monoisotopic (exact) mass is 274 g/mol. The molecule has 0 saturated carbocycles. The number of carbonyl (C=O) groups is 1. The third-order valence-electron chi connectivity index (χ3n) is 3.42. The van der Waals surface area contributed by atoms with Crippen LogP contribution >= 0.6 is 0 Å². The van der Waals surface area contributed by atoms with Gasteiger partial charge >= 0.3 is 0 Å². The zero-order chi connectivity index (χ0) is 14.8. The molecule has 0 aromatic carbocycles. The molecule has 0 radical (unpaired) electrons. The van der Waals surface area contributed by atoms with E-state index in [9.17, 15) is 4.79 Å². The van der Waals surface area contributed by atoms with Crippen molar-refractivity contribution in [1.29, 1.82) is 0 Å². The largest absolute Gasteiger partial charge is 0.330 e. The molecule has 2 N–H and O–H groups in total. The molecule has 2 heterocycles. The third kappa shape index (κ3) is 2.88. The van der Waals surface area contributed by atoms with E-state index in [4.69, 9.17) is 5.73 Å². The number of amides is 1. The lowest BCUT2D eigenvalue weighted by Gasteiger charge is -2.22.